The van der Waals surface area contributed by atoms with Crippen molar-refractivity contribution in [2.24, 2.45) is 0 Å². The van der Waals surface area contributed by atoms with Crippen LogP contribution in [0.1, 0.15) is 51.3 Å². The van der Waals surface area contributed by atoms with Gasteiger partial charge >= 0.3 is 0 Å². The first-order valence-electron chi connectivity index (χ1n) is 12.4. The van der Waals surface area contributed by atoms with Crippen molar-refractivity contribution in [1.82, 2.24) is 0 Å². The van der Waals surface area contributed by atoms with Gasteiger partial charge in [-0.1, -0.05) is 30.8 Å². The summed E-state index contributed by atoms with van der Waals surface area (Å²) in [6, 6.07) is 10.9. The van der Waals surface area contributed by atoms with Gasteiger partial charge in [0.1, 0.15) is 17.2 Å². The summed E-state index contributed by atoms with van der Waals surface area (Å²) in [5.41, 5.74) is 4.65. The number of methoxy groups -OCH3 is 1. The molecule has 0 amide bonds. The second-order valence-corrected chi connectivity index (χ2v) is 12.6. The number of rotatable bonds is 12. The van der Waals surface area contributed by atoms with Crippen molar-refractivity contribution in [1.29, 1.82) is 0 Å². The molecule has 0 atom stereocenters. The molecule has 3 nitrogen and oxygen atoms in total. The predicted octanol–water partition coefficient (Wildman–Crippen LogP) is 9.61. The maximum absolute atomic E-state index is 6.29. The molecule has 0 bridgehead atoms. The van der Waals surface area contributed by atoms with E-state index in [0.29, 0.717) is 0 Å². The van der Waals surface area contributed by atoms with Crippen molar-refractivity contribution < 1.29 is 14.2 Å². The quantitative estimate of drug-likeness (QED) is 0.168. The molecule has 2 aromatic carbocycles. The van der Waals surface area contributed by atoms with Crippen LogP contribution in [0.3, 0.4) is 0 Å². The van der Waals surface area contributed by atoms with Gasteiger partial charge in [-0.15, -0.1) is 29.7 Å². The van der Waals surface area contributed by atoms with E-state index in [1.54, 1.807) is 42.0 Å². The topological polar surface area (TPSA) is 27.7 Å². The SMILES string of the molecule is C=CCSc1cc(-c2c(OC)cc(C)cc2OC(C)C)sc1Sc1c(CC)cc(C)cc1OC(C)C. The lowest BCUT2D eigenvalue weighted by atomic mass is 10.1. The second kappa shape index (κ2) is 13.0. The molecule has 0 saturated carbocycles. The van der Waals surface area contributed by atoms with E-state index in [0.717, 1.165) is 45.4 Å². The van der Waals surface area contributed by atoms with Crippen LogP contribution in [0.25, 0.3) is 10.4 Å². The molecule has 1 heterocycles. The number of benzene rings is 2. The molecule has 36 heavy (non-hydrogen) atoms. The summed E-state index contributed by atoms with van der Waals surface area (Å²) in [6.45, 7) is 18.6. The first kappa shape index (κ1) is 28.5. The van der Waals surface area contributed by atoms with Gasteiger partial charge in [0.2, 0.25) is 0 Å². The standard InChI is InChI=1S/C30H38O3S3/c1-10-12-34-27-17-26(28-23(31-9)14-21(8)15-24(28)32-18(3)4)35-30(27)36-29-22(11-2)13-20(7)16-25(29)33-19(5)6/h10,13-19H,1,11-12H2,2-9H3. The second-order valence-electron chi connectivity index (χ2n) is 9.24. The highest BCUT2D eigenvalue weighted by atomic mass is 32.2. The number of hydrogen-bond acceptors (Lipinski definition) is 6. The Hall–Kier alpha value is -2.02. The van der Waals surface area contributed by atoms with Crippen LogP contribution in [0.5, 0.6) is 17.2 Å². The van der Waals surface area contributed by atoms with Gasteiger partial charge in [-0.2, -0.15) is 0 Å². The summed E-state index contributed by atoms with van der Waals surface area (Å²) in [4.78, 5) is 3.56. The Labute approximate surface area is 229 Å². The van der Waals surface area contributed by atoms with Crippen molar-refractivity contribution in [2.45, 2.75) is 81.1 Å². The lowest BCUT2D eigenvalue weighted by Gasteiger charge is -2.18. The van der Waals surface area contributed by atoms with Crippen LogP contribution in [0.4, 0.5) is 0 Å². The first-order valence-corrected chi connectivity index (χ1v) is 15.0. The number of hydrogen-bond donors (Lipinski definition) is 0. The predicted molar refractivity (Wildman–Crippen MR) is 158 cm³/mol. The van der Waals surface area contributed by atoms with E-state index >= 15 is 0 Å². The summed E-state index contributed by atoms with van der Waals surface area (Å²) in [7, 11) is 1.73. The molecular weight excluding hydrogens is 505 g/mol. The van der Waals surface area contributed by atoms with Crippen molar-refractivity contribution in [3.05, 3.63) is 59.7 Å². The van der Waals surface area contributed by atoms with E-state index in [1.165, 1.54) is 25.1 Å². The number of thioether (sulfide) groups is 1. The Kier molecular flexibility index (Phi) is 10.3. The van der Waals surface area contributed by atoms with E-state index in [2.05, 4.69) is 85.4 Å². The molecule has 0 unspecified atom stereocenters. The average Bonchev–Trinajstić information content (AvgIpc) is 3.19. The van der Waals surface area contributed by atoms with E-state index in [1.807, 2.05) is 6.08 Å². The van der Waals surface area contributed by atoms with Crippen molar-refractivity contribution in [3.8, 4) is 27.7 Å². The van der Waals surface area contributed by atoms with Crippen LogP contribution in [0.2, 0.25) is 0 Å². The van der Waals surface area contributed by atoms with Crippen LogP contribution < -0.4 is 14.2 Å². The Bertz CT molecular complexity index is 1190. The van der Waals surface area contributed by atoms with Gasteiger partial charge in [-0.25, -0.2) is 0 Å². The van der Waals surface area contributed by atoms with E-state index < -0.39 is 0 Å². The molecule has 6 heteroatoms. The molecule has 3 aromatic rings. The zero-order valence-corrected chi connectivity index (χ0v) is 25.1. The van der Waals surface area contributed by atoms with E-state index in [4.69, 9.17) is 14.2 Å². The van der Waals surface area contributed by atoms with Gasteiger partial charge in [-0.3, -0.25) is 0 Å². The highest BCUT2D eigenvalue weighted by molar-refractivity contribution is 8.03. The van der Waals surface area contributed by atoms with Gasteiger partial charge in [-0.05, 0) is 88.9 Å². The zero-order valence-electron chi connectivity index (χ0n) is 22.7. The maximum atomic E-state index is 6.29. The molecule has 0 radical (unpaired) electrons. The molecule has 194 valence electrons. The molecule has 0 spiro atoms. The molecule has 0 aliphatic carbocycles. The van der Waals surface area contributed by atoms with Crippen LogP contribution >= 0.6 is 34.9 Å². The van der Waals surface area contributed by atoms with Gasteiger partial charge < -0.3 is 14.2 Å². The van der Waals surface area contributed by atoms with Gasteiger partial charge in [0, 0.05) is 15.5 Å². The summed E-state index contributed by atoms with van der Waals surface area (Å²) < 4.78 is 19.6. The minimum Gasteiger partial charge on any atom is -0.496 e. The number of thiophene rings is 1. The van der Waals surface area contributed by atoms with Crippen LogP contribution in [-0.2, 0) is 6.42 Å². The van der Waals surface area contributed by atoms with Gasteiger partial charge in [0.15, 0.2) is 0 Å². The minimum atomic E-state index is 0.0640. The highest BCUT2D eigenvalue weighted by Crippen LogP contribution is 2.51. The summed E-state index contributed by atoms with van der Waals surface area (Å²) in [6.07, 6.45) is 3.07. The first-order chi connectivity index (χ1) is 17.2. The summed E-state index contributed by atoms with van der Waals surface area (Å²) in [5, 5.41) is 0. The van der Waals surface area contributed by atoms with E-state index in [-0.39, 0.29) is 12.2 Å². The molecule has 0 N–H and O–H groups in total. The number of aryl methyl sites for hydroxylation is 3. The van der Waals surface area contributed by atoms with Crippen LogP contribution in [0, 0.1) is 13.8 Å². The van der Waals surface area contributed by atoms with Crippen molar-refractivity contribution in [3.63, 3.8) is 0 Å². The Balaban J connectivity index is 2.18. The highest BCUT2D eigenvalue weighted by Gasteiger charge is 2.22. The molecule has 0 aliphatic rings. The third kappa shape index (κ3) is 7.05. The monoisotopic (exact) mass is 542 g/mol. The summed E-state index contributed by atoms with van der Waals surface area (Å²) >= 11 is 5.38. The van der Waals surface area contributed by atoms with Crippen LogP contribution in [-0.4, -0.2) is 25.1 Å². The molecule has 3 rings (SSSR count). The van der Waals surface area contributed by atoms with Gasteiger partial charge in [0.05, 0.1) is 34.0 Å². The molecular formula is C30H38O3S3. The van der Waals surface area contributed by atoms with Crippen LogP contribution in [0.15, 0.2) is 57.0 Å². The fourth-order valence-corrected chi connectivity index (χ4v) is 7.60. The zero-order chi connectivity index (χ0) is 26.4. The molecule has 0 fully saturated rings. The van der Waals surface area contributed by atoms with Crippen molar-refractivity contribution >= 4 is 34.9 Å². The smallest absolute Gasteiger partial charge is 0.134 e. The average molecular weight is 543 g/mol. The lowest BCUT2D eigenvalue weighted by molar-refractivity contribution is 0.236. The Morgan fingerprint density at radius 2 is 1.53 bits per heavy atom. The van der Waals surface area contributed by atoms with Gasteiger partial charge in [0.25, 0.3) is 0 Å². The third-order valence-electron chi connectivity index (χ3n) is 5.28. The molecule has 0 aliphatic heterocycles. The Morgan fingerprint density at radius 1 is 0.917 bits per heavy atom. The third-order valence-corrected chi connectivity index (χ3v) is 9.09. The normalized spacial score (nSPS) is 11.3. The van der Waals surface area contributed by atoms with Crippen molar-refractivity contribution in [2.75, 3.05) is 12.9 Å². The summed E-state index contributed by atoms with van der Waals surface area (Å²) in [5.74, 6) is 3.48. The fourth-order valence-electron chi connectivity index (χ4n) is 3.90. The minimum absolute atomic E-state index is 0.0640. The fraction of sp³-hybridized carbons (Fsp3) is 0.400. The molecule has 0 saturated heterocycles. The maximum Gasteiger partial charge on any atom is 0.134 e. The Morgan fingerprint density at radius 3 is 2.14 bits per heavy atom. The number of ether oxygens (including phenoxy) is 3. The van der Waals surface area contributed by atoms with E-state index in [9.17, 15) is 0 Å². The largest absolute Gasteiger partial charge is 0.496 e. The lowest BCUT2D eigenvalue weighted by Crippen LogP contribution is -2.07. The molecule has 1 aromatic heterocycles.